The summed E-state index contributed by atoms with van der Waals surface area (Å²) in [5.41, 5.74) is 4.94. The minimum absolute atomic E-state index is 0.0447. The Morgan fingerprint density at radius 2 is 1.82 bits per heavy atom. The zero-order valence-corrected chi connectivity index (χ0v) is 19.4. The number of rotatable bonds is 7. The lowest BCUT2D eigenvalue weighted by atomic mass is 9.71. The molecule has 0 aromatic heterocycles. The smallest absolute Gasteiger partial charge is 0.335 e. The summed E-state index contributed by atoms with van der Waals surface area (Å²) in [4.78, 5) is 11.0. The van der Waals surface area contributed by atoms with E-state index >= 15 is 0 Å². The Labute approximate surface area is 199 Å². The van der Waals surface area contributed by atoms with Crippen LogP contribution in [0.15, 0.2) is 66.7 Å². The van der Waals surface area contributed by atoms with E-state index < -0.39 is 12.1 Å². The number of halogens is 1. The first kappa shape index (κ1) is 23.7. The molecule has 0 amide bonds. The Kier molecular flexibility index (Phi) is 6.85. The molecule has 2 N–H and O–H groups in total. The van der Waals surface area contributed by atoms with E-state index in [0.717, 1.165) is 41.7 Å². The molecule has 0 bridgehead atoms. The summed E-state index contributed by atoms with van der Waals surface area (Å²) >= 11 is 0. The highest BCUT2D eigenvalue weighted by molar-refractivity contribution is 5.87. The van der Waals surface area contributed by atoms with Gasteiger partial charge in [-0.25, -0.2) is 9.18 Å². The number of aromatic carboxylic acids is 1. The molecule has 1 aliphatic carbocycles. The number of aliphatic hydroxyl groups excluding tert-OH is 1. The molecule has 1 unspecified atom stereocenters. The highest BCUT2D eigenvalue weighted by Gasteiger charge is 2.31. The lowest BCUT2D eigenvalue weighted by Gasteiger charge is -2.35. The number of ether oxygens (including phenoxy) is 1. The minimum Gasteiger partial charge on any atom is -0.489 e. The van der Waals surface area contributed by atoms with E-state index in [1.54, 1.807) is 36.4 Å². The van der Waals surface area contributed by atoms with E-state index in [-0.39, 0.29) is 16.8 Å². The van der Waals surface area contributed by atoms with Gasteiger partial charge >= 0.3 is 5.97 Å². The Balaban J connectivity index is 1.61. The number of carboxylic acids is 1. The lowest BCUT2D eigenvalue weighted by molar-refractivity contribution is 0.0697. The van der Waals surface area contributed by atoms with Crippen LogP contribution in [0.25, 0.3) is 6.08 Å². The van der Waals surface area contributed by atoms with E-state index in [1.165, 1.54) is 35.4 Å². The molecule has 0 heterocycles. The summed E-state index contributed by atoms with van der Waals surface area (Å²) in [5, 5.41) is 20.0. The van der Waals surface area contributed by atoms with Crippen molar-refractivity contribution in [3.63, 3.8) is 0 Å². The maximum Gasteiger partial charge on any atom is 0.335 e. The number of hydrogen-bond donors (Lipinski definition) is 2. The molecule has 1 aliphatic rings. The first-order chi connectivity index (χ1) is 16.2. The van der Waals surface area contributed by atoms with Crippen LogP contribution in [0.3, 0.4) is 0 Å². The van der Waals surface area contributed by atoms with Gasteiger partial charge in [-0.3, -0.25) is 0 Å². The van der Waals surface area contributed by atoms with E-state index in [2.05, 4.69) is 19.9 Å². The summed E-state index contributed by atoms with van der Waals surface area (Å²) < 4.78 is 19.5. The Morgan fingerprint density at radius 1 is 1.12 bits per heavy atom. The molecule has 4 rings (SSSR count). The topological polar surface area (TPSA) is 66.8 Å². The summed E-state index contributed by atoms with van der Waals surface area (Å²) in [5.74, 6) is -0.503. The maximum atomic E-state index is 13.3. The van der Waals surface area contributed by atoms with Crippen LogP contribution in [-0.4, -0.2) is 16.2 Å². The van der Waals surface area contributed by atoms with Crippen molar-refractivity contribution >= 4 is 12.0 Å². The average Bonchev–Trinajstić information content (AvgIpc) is 2.81. The maximum absolute atomic E-state index is 13.3. The number of carbonyl (C=O) groups is 1. The van der Waals surface area contributed by atoms with E-state index in [4.69, 9.17) is 9.84 Å². The van der Waals surface area contributed by atoms with Crippen molar-refractivity contribution in [2.24, 2.45) is 0 Å². The molecule has 34 heavy (non-hydrogen) atoms. The van der Waals surface area contributed by atoms with Crippen LogP contribution in [-0.2, 0) is 18.4 Å². The van der Waals surface area contributed by atoms with Crippen molar-refractivity contribution in [1.29, 1.82) is 0 Å². The molecule has 0 saturated carbocycles. The Morgan fingerprint density at radius 3 is 2.50 bits per heavy atom. The number of aliphatic hydroxyl groups is 1. The summed E-state index contributed by atoms with van der Waals surface area (Å²) in [7, 11) is 0. The zero-order valence-electron chi connectivity index (χ0n) is 19.4. The van der Waals surface area contributed by atoms with Gasteiger partial charge in [0.2, 0.25) is 0 Å². The van der Waals surface area contributed by atoms with E-state index in [9.17, 15) is 14.3 Å². The molecular weight excluding hydrogens is 431 g/mol. The first-order valence-corrected chi connectivity index (χ1v) is 11.5. The van der Waals surface area contributed by atoms with Gasteiger partial charge in [0.15, 0.2) is 0 Å². The fourth-order valence-corrected chi connectivity index (χ4v) is 4.58. The molecule has 3 aromatic rings. The third-order valence-electron chi connectivity index (χ3n) is 6.41. The van der Waals surface area contributed by atoms with Crippen molar-refractivity contribution in [3.05, 3.63) is 106 Å². The van der Waals surface area contributed by atoms with Crippen LogP contribution in [0.4, 0.5) is 4.39 Å². The standard InChI is InChI=1S/C29H29FO4/c1-29(2)15-3-4-22-16-23(25(31)14-9-19-5-10-21(11-6-19)28(32)33)17-26(27(22)29)34-18-20-7-12-24(30)13-8-20/h5-14,16-17,25,31H,3-4,15,18H2,1-2H3,(H,32,33)/b14-9+. The van der Waals surface area contributed by atoms with E-state index in [1.807, 2.05) is 6.07 Å². The van der Waals surface area contributed by atoms with Crippen LogP contribution >= 0.6 is 0 Å². The second kappa shape index (κ2) is 9.82. The molecule has 3 aromatic carbocycles. The Hall–Kier alpha value is -3.44. The summed E-state index contributed by atoms with van der Waals surface area (Å²) in [6.07, 6.45) is 5.67. The highest BCUT2D eigenvalue weighted by atomic mass is 19.1. The third-order valence-corrected chi connectivity index (χ3v) is 6.41. The molecule has 5 heteroatoms. The summed E-state index contributed by atoms with van der Waals surface area (Å²) in [6.45, 7) is 4.74. The highest BCUT2D eigenvalue weighted by Crippen LogP contribution is 2.44. The number of hydrogen-bond acceptors (Lipinski definition) is 3. The molecule has 0 radical (unpaired) electrons. The largest absolute Gasteiger partial charge is 0.489 e. The van der Waals surface area contributed by atoms with Crippen LogP contribution < -0.4 is 4.74 Å². The molecule has 0 fully saturated rings. The van der Waals surface area contributed by atoms with Gasteiger partial charge in [-0.05, 0) is 77.3 Å². The second-order valence-electron chi connectivity index (χ2n) is 9.44. The normalized spacial score (nSPS) is 15.6. The van der Waals surface area contributed by atoms with Crippen molar-refractivity contribution in [1.82, 2.24) is 0 Å². The van der Waals surface area contributed by atoms with Crippen molar-refractivity contribution in [3.8, 4) is 5.75 Å². The van der Waals surface area contributed by atoms with Gasteiger partial charge < -0.3 is 14.9 Å². The molecule has 176 valence electrons. The van der Waals surface area contributed by atoms with Gasteiger partial charge in [-0.2, -0.15) is 0 Å². The molecule has 0 spiro atoms. The van der Waals surface area contributed by atoms with Gasteiger partial charge in [0.05, 0.1) is 11.7 Å². The monoisotopic (exact) mass is 460 g/mol. The molecule has 0 saturated heterocycles. The van der Waals surface area contributed by atoms with Crippen LogP contribution in [0.5, 0.6) is 5.75 Å². The van der Waals surface area contributed by atoms with Crippen LogP contribution in [0.1, 0.15) is 71.0 Å². The number of fused-ring (bicyclic) bond motifs is 1. The van der Waals surface area contributed by atoms with Gasteiger partial charge in [-0.1, -0.05) is 56.3 Å². The lowest BCUT2D eigenvalue weighted by Crippen LogP contribution is -2.25. The predicted molar refractivity (Wildman–Crippen MR) is 131 cm³/mol. The number of carboxylic acid groups (broad SMARTS) is 1. The van der Waals surface area contributed by atoms with Crippen molar-refractivity contribution < 1.29 is 24.1 Å². The van der Waals surface area contributed by atoms with Gasteiger partial charge in [-0.15, -0.1) is 0 Å². The van der Waals surface area contributed by atoms with Crippen molar-refractivity contribution in [2.45, 2.75) is 51.2 Å². The Bertz CT molecular complexity index is 1190. The van der Waals surface area contributed by atoms with Gasteiger partial charge in [0.1, 0.15) is 18.2 Å². The van der Waals surface area contributed by atoms with Crippen LogP contribution in [0, 0.1) is 5.82 Å². The molecule has 4 nitrogen and oxygen atoms in total. The SMILES string of the molecule is CC1(C)CCCc2cc(C(O)/C=C/c3ccc(C(=O)O)cc3)cc(OCc3ccc(F)cc3)c21. The fraction of sp³-hybridized carbons (Fsp3) is 0.276. The summed E-state index contributed by atoms with van der Waals surface area (Å²) in [6, 6.07) is 16.7. The van der Waals surface area contributed by atoms with E-state index in [0.29, 0.717) is 6.61 Å². The average molecular weight is 461 g/mol. The minimum atomic E-state index is -0.972. The zero-order chi connectivity index (χ0) is 24.3. The third kappa shape index (κ3) is 5.37. The number of aryl methyl sites for hydroxylation is 1. The molecule has 0 aliphatic heterocycles. The van der Waals surface area contributed by atoms with Crippen molar-refractivity contribution in [2.75, 3.05) is 0 Å². The van der Waals surface area contributed by atoms with Gasteiger partial charge in [0.25, 0.3) is 0 Å². The fourth-order valence-electron chi connectivity index (χ4n) is 4.58. The van der Waals surface area contributed by atoms with Gasteiger partial charge in [0, 0.05) is 5.56 Å². The molecule has 1 atom stereocenters. The quantitative estimate of drug-likeness (QED) is 0.424. The second-order valence-corrected chi connectivity index (χ2v) is 9.44. The molecular formula is C29H29FO4. The first-order valence-electron chi connectivity index (χ1n) is 11.5. The van der Waals surface area contributed by atoms with Crippen LogP contribution in [0.2, 0.25) is 0 Å². The predicted octanol–water partition coefficient (Wildman–Crippen LogP) is 6.46. The number of benzene rings is 3.